The summed E-state index contributed by atoms with van der Waals surface area (Å²) in [4.78, 5) is 24.3. The number of carbonyl (C=O) groups excluding carboxylic acids is 1. The third-order valence-corrected chi connectivity index (χ3v) is 4.54. The van der Waals surface area contributed by atoms with Crippen LogP contribution in [0.5, 0.6) is 5.75 Å². The molecule has 2 heterocycles. The van der Waals surface area contributed by atoms with Gasteiger partial charge in [-0.1, -0.05) is 0 Å². The van der Waals surface area contributed by atoms with Crippen LogP contribution < -0.4 is 15.2 Å². The molecule has 1 aromatic heterocycles. The summed E-state index contributed by atoms with van der Waals surface area (Å²) in [6, 6.07) is 5.72. The summed E-state index contributed by atoms with van der Waals surface area (Å²) in [5.74, 6) is 0.143. The van der Waals surface area contributed by atoms with Crippen LogP contribution in [0.4, 0.5) is 0 Å². The Morgan fingerprint density at radius 1 is 1.20 bits per heavy atom. The maximum atomic E-state index is 12.4. The largest absolute Gasteiger partial charge is 0.496 e. The number of carbonyl (C=O) groups is 1. The van der Waals surface area contributed by atoms with Crippen molar-refractivity contribution in [3.63, 3.8) is 0 Å². The van der Waals surface area contributed by atoms with E-state index in [0.29, 0.717) is 6.54 Å². The van der Waals surface area contributed by atoms with Crippen molar-refractivity contribution in [3.05, 3.63) is 51.3 Å². The van der Waals surface area contributed by atoms with E-state index in [1.54, 1.807) is 13.3 Å². The summed E-state index contributed by atoms with van der Waals surface area (Å²) in [7, 11) is 2.90. The molecule has 1 aliphatic rings. The first-order valence-electron chi connectivity index (χ1n) is 8.17. The number of hydrogen-bond donors (Lipinski definition) is 0. The SMILES string of the molecule is COC(=O)c1cn2c(cc1=O)-c1cc(OC)c(C)cc1CN2C(C)C. The number of fused-ring (bicyclic) bond motifs is 3. The molecule has 6 heteroatoms. The molecule has 0 aliphatic carbocycles. The zero-order valence-electron chi connectivity index (χ0n) is 15.1. The standard InChI is InChI=1S/C19H22N2O4/c1-11(2)20-9-13-6-12(3)18(24-4)7-14(13)16-8-17(22)15(10-21(16)20)19(23)25-5/h6-8,10-11H,9H2,1-5H3. The van der Waals surface area contributed by atoms with E-state index in [0.717, 1.165) is 28.1 Å². The summed E-state index contributed by atoms with van der Waals surface area (Å²) in [6.45, 7) is 6.82. The summed E-state index contributed by atoms with van der Waals surface area (Å²) in [5.41, 5.74) is 3.52. The normalized spacial score (nSPS) is 12.6. The van der Waals surface area contributed by atoms with Crippen molar-refractivity contribution in [3.8, 4) is 17.0 Å². The van der Waals surface area contributed by atoms with Crippen LogP contribution in [0.15, 0.2) is 29.2 Å². The van der Waals surface area contributed by atoms with Gasteiger partial charge in [-0.2, -0.15) is 0 Å². The average molecular weight is 342 g/mol. The van der Waals surface area contributed by atoms with Gasteiger partial charge in [0.2, 0.25) is 0 Å². The minimum Gasteiger partial charge on any atom is -0.496 e. The van der Waals surface area contributed by atoms with Gasteiger partial charge in [0, 0.05) is 23.9 Å². The molecule has 1 aromatic carbocycles. The number of ether oxygens (including phenoxy) is 2. The van der Waals surface area contributed by atoms with Crippen LogP contribution in [0.2, 0.25) is 0 Å². The summed E-state index contributed by atoms with van der Waals surface area (Å²) >= 11 is 0. The third-order valence-electron chi connectivity index (χ3n) is 4.54. The van der Waals surface area contributed by atoms with Crippen molar-refractivity contribution in [2.45, 2.75) is 33.4 Å². The molecule has 1 aliphatic heterocycles. The van der Waals surface area contributed by atoms with Gasteiger partial charge < -0.3 is 14.5 Å². The predicted molar refractivity (Wildman–Crippen MR) is 95.8 cm³/mol. The van der Waals surface area contributed by atoms with E-state index < -0.39 is 5.97 Å². The molecule has 0 bridgehead atoms. The van der Waals surface area contributed by atoms with Gasteiger partial charge in [-0.25, -0.2) is 4.79 Å². The molecule has 0 amide bonds. The fourth-order valence-corrected chi connectivity index (χ4v) is 3.22. The zero-order valence-corrected chi connectivity index (χ0v) is 15.1. The van der Waals surface area contributed by atoms with Crippen LogP contribution in [0.1, 0.15) is 35.3 Å². The predicted octanol–water partition coefficient (Wildman–Crippen LogP) is 2.48. The number of benzene rings is 1. The Morgan fingerprint density at radius 3 is 2.52 bits per heavy atom. The molecule has 0 atom stereocenters. The molecule has 25 heavy (non-hydrogen) atoms. The second-order valence-corrected chi connectivity index (χ2v) is 6.44. The van der Waals surface area contributed by atoms with Crippen LogP contribution in [0.25, 0.3) is 11.3 Å². The Hall–Kier alpha value is -2.76. The highest BCUT2D eigenvalue weighted by atomic mass is 16.5. The topological polar surface area (TPSA) is 60.8 Å². The van der Waals surface area contributed by atoms with Crippen LogP contribution in [0.3, 0.4) is 0 Å². The van der Waals surface area contributed by atoms with Gasteiger partial charge in [-0.3, -0.25) is 9.47 Å². The fraction of sp³-hybridized carbons (Fsp3) is 0.368. The highest BCUT2D eigenvalue weighted by Gasteiger charge is 2.26. The van der Waals surface area contributed by atoms with Crippen LogP contribution in [-0.2, 0) is 11.3 Å². The van der Waals surface area contributed by atoms with E-state index >= 15 is 0 Å². The Balaban J connectivity index is 2.29. The van der Waals surface area contributed by atoms with Crippen LogP contribution >= 0.6 is 0 Å². The van der Waals surface area contributed by atoms with Crippen molar-refractivity contribution >= 4 is 5.97 Å². The molecular formula is C19H22N2O4. The molecule has 0 spiro atoms. The maximum Gasteiger partial charge on any atom is 0.343 e. The van der Waals surface area contributed by atoms with E-state index in [1.165, 1.54) is 13.2 Å². The number of aryl methyl sites for hydroxylation is 1. The van der Waals surface area contributed by atoms with Gasteiger partial charge >= 0.3 is 5.97 Å². The number of rotatable bonds is 3. The monoisotopic (exact) mass is 342 g/mol. The van der Waals surface area contributed by atoms with Crippen LogP contribution in [0, 0.1) is 6.92 Å². The van der Waals surface area contributed by atoms with Crippen molar-refractivity contribution in [1.29, 1.82) is 0 Å². The Labute approximate surface area is 146 Å². The molecule has 0 fully saturated rings. The number of aromatic nitrogens is 1. The lowest BCUT2D eigenvalue weighted by molar-refractivity contribution is 0.0598. The summed E-state index contributed by atoms with van der Waals surface area (Å²) < 4.78 is 12.0. The summed E-state index contributed by atoms with van der Waals surface area (Å²) in [5, 5.41) is 2.11. The molecule has 0 saturated carbocycles. The number of hydrogen-bond acceptors (Lipinski definition) is 5. The van der Waals surface area contributed by atoms with Gasteiger partial charge in [0.15, 0.2) is 5.43 Å². The van der Waals surface area contributed by atoms with E-state index in [9.17, 15) is 9.59 Å². The van der Waals surface area contributed by atoms with Gasteiger partial charge in [-0.05, 0) is 44.0 Å². The molecule has 0 N–H and O–H groups in total. The molecule has 0 radical (unpaired) electrons. The molecule has 0 saturated heterocycles. The van der Waals surface area contributed by atoms with Gasteiger partial charge in [-0.15, -0.1) is 0 Å². The minimum absolute atomic E-state index is 0.0272. The van der Waals surface area contributed by atoms with Gasteiger partial charge in [0.1, 0.15) is 11.3 Å². The van der Waals surface area contributed by atoms with Crippen LogP contribution in [-0.4, -0.2) is 30.9 Å². The second kappa shape index (κ2) is 6.27. The first-order valence-corrected chi connectivity index (χ1v) is 8.17. The lowest BCUT2D eigenvalue weighted by Gasteiger charge is -2.38. The third kappa shape index (κ3) is 2.77. The Morgan fingerprint density at radius 2 is 1.92 bits per heavy atom. The molecule has 132 valence electrons. The van der Waals surface area contributed by atoms with Crippen molar-refractivity contribution in [1.82, 2.24) is 4.68 Å². The molecule has 3 rings (SSSR count). The van der Waals surface area contributed by atoms with E-state index in [2.05, 4.69) is 24.9 Å². The Kier molecular flexibility index (Phi) is 4.29. The molecule has 6 nitrogen and oxygen atoms in total. The van der Waals surface area contributed by atoms with E-state index in [1.807, 2.05) is 17.7 Å². The molecular weight excluding hydrogens is 320 g/mol. The van der Waals surface area contributed by atoms with Gasteiger partial charge in [0.25, 0.3) is 0 Å². The minimum atomic E-state index is -0.628. The number of nitrogens with zero attached hydrogens (tertiary/aromatic N) is 2. The highest BCUT2D eigenvalue weighted by Crippen LogP contribution is 2.35. The molecule has 0 unspecified atom stereocenters. The first kappa shape index (κ1) is 17.1. The summed E-state index contributed by atoms with van der Waals surface area (Å²) in [6.07, 6.45) is 1.57. The quantitative estimate of drug-likeness (QED) is 0.802. The van der Waals surface area contributed by atoms with Crippen molar-refractivity contribution < 1.29 is 14.3 Å². The average Bonchev–Trinajstić information content (AvgIpc) is 2.59. The zero-order chi connectivity index (χ0) is 18.3. The smallest absolute Gasteiger partial charge is 0.343 e. The van der Waals surface area contributed by atoms with E-state index in [4.69, 9.17) is 9.47 Å². The lowest BCUT2D eigenvalue weighted by Crippen LogP contribution is -2.44. The molecule has 2 aromatic rings. The lowest BCUT2D eigenvalue weighted by atomic mass is 9.97. The first-order chi connectivity index (χ1) is 11.9. The number of esters is 1. The maximum absolute atomic E-state index is 12.4. The fourth-order valence-electron chi connectivity index (χ4n) is 3.22. The van der Waals surface area contributed by atoms with Gasteiger partial charge in [0.05, 0.1) is 26.5 Å². The number of pyridine rings is 1. The highest BCUT2D eigenvalue weighted by molar-refractivity contribution is 5.89. The Bertz CT molecular complexity index is 899. The number of methoxy groups -OCH3 is 2. The van der Waals surface area contributed by atoms with E-state index in [-0.39, 0.29) is 17.0 Å². The second-order valence-electron chi connectivity index (χ2n) is 6.44. The van der Waals surface area contributed by atoms with Crippen molar-refractivity contribution in [2.75, 3.05) is 19.2 Å². The van der Waals surface area contributed by atoms with Crippen molar-refractivity contribution in [2.24, 2.45) is 0 Å².